The number of allylic oxidation sites excluding steroid dienone is 18. The highest BCUT2D eigenvalue weighted by Gasteiger charge is 2.19. The fraction of sp³-hybridized carbons (Fsp3) is 0.720. The third kappa shape index (κ3) is 66.8. The Morgan fingerprint density at radius 1 is 0.259 bits per heavy atom. The van der Waals surface area contributed by atoms with E-state index in [1.807, 2.05) is 0 Å². The normalized spacial score (nSPS) is 12.8. The summed E-state index contributed by atoms with van der Waals surface area (Å²) in [6, 6.07) is 0. The molecule has 0 amide bonds. The molecule has 0 spiro atoms. The second-order valence-corrected chi connectivity index (χ2v) is 22.7. The minimum Gasteiger partial charge on any atom is -0.462 e. The predicted octanol–water partition coefficient (Wildman–Crippen LogP) is 23.8. The van der Waals surface area contributed by atoms with Crippen LogP contribution in [-0.4, -0.2) is 37.2 Å². The Balaban J connectivity index is 4.22. The molecule has 1 unspecified atom stereocenters. The van der Waals surface area contributed by atoms with Gasteiger partial charge in [0.1, 0.15) is 13.2 Å². The van der Waals surface area contributed by atoms with Gasteiger partial charge in [0, 0.05) is 19.3 Å². The zero-order valence-electron chi connectivity index (χ0n) is 53.3. The van der Waals surface area contributed by atoms with Gasteiger partial charge in [0.05, 0.1) is 0 Å². The van der Waals surface area contributed by atoms with E-state index < -0.39 is 6.10 Å². The van der Waals surface area contributed by atoms with Crippen molar-refractivity contribution in [3.8, 4) is 0 Å². The molecule has 0 fully saturated rings. The Bertz CT molecular complexity index is 1620. The van der Waals surface area contributed by atoms with Gasteiger partial charge in [0.15, 0.2) is 6.10 Å². The van der Waals surface area contributed by atoms with Crippen molar-refractivity contribution >= 4 is 17.9 Å². The van der Waals surface area contributed by atoms with Crippen LogP contribution in [0.2, 0.25) is 0 Å². The minimum absolute atomic E-state index is 0.0796. The first-order valence-corrected chi connectivity index (χ1v) is 34.4. The van der Waals surface area contributed by atoms with Crippen LogP contribution < -0.4 is 0 Å². The fourth-order valence-corrected chi connectivity index (χ4v) is 9.63. The lowest BCUT2D eigenvalue weighted by Crippen LogP contribution is -2.30. The zero-order chi connectivity index (χ0) is 58.5. The van der Waals surface area contributed by atoms with E-state index >= 15 is 0 Å². The molecule has 1 atom stereocenters. The highest BCUT2D eigenvalue weighted by atomic mass is 16.6. The van der Waals surface area contributed by atoms with E-state index in [9.17, 15) is 14.4 Å². The third-order valence-electron chi connectivity index (χ3n) is 14.8. The molecule has 0 saturated heterocycles. The van der Waals surface area contributed by atoms with Gasteiger partial charge >= 0.3 is 17.9 Å². The van der Waals surface area contributed by atoms with Crippen LogP contribution in [0.1, 0.15) is 329 Å². The van der Waals surface area contributed by atoms with Crippen LogP contribution >= 0.6 is 0 Å². The molecular weight excluding hydrogens is 997 g/mol. The van der Waals surface area contributed by atoms with Crippen molar-refractivity contribution < 1.29 is 28.6 Å². The number of carbonyl (C=O) groups is 3. The monoisotopic (exact) mass is 1120 g/mol. The molecule has 464 valence electrons. The molecule has 0 rings (SSSR count). The molecule has 0 aliphatic rings. The van der Waals surface area contributed by atoms with Crippen molar-refractivity contribution in [3.05, 3.63) is 109 Å². The van der Waals surface area contributed by atoms with Gasteiger partial charge in [-0.15, -0.1) is 0 Å². The van der Waals surface area contributed by atoms with Crippen LogP contribution in [0, 0.1) is 0 Å². The SMILES string of the molecule is CC/C=C\C/C=C\C/C=C\C/C=C\C/C=C\C/C=C\C/C=C\CCCCCCCCCC(=O)OCC(COC(=O)CCCCCCCCCCC)OC(=O)CCCCCCCCCCCCCCC/C=C\C/C=C\CCCCCCC. The van der Waals surface area contributed by atoms with Gasteiger partial charge in [-0.1, -0.05) is 310 Å². The molecule has 0 bridgehead atoms. The maximum atomic E-state index is 12.9. The first kappa shape index (κ1) is 77.1. The average molecular weight is 1130 g/mol. The summed E-state index contributed by atoms with van der Waals surface area (Å²) in [5.41, 5.74) is 0. The van der Waals surface area contributed by atoms with E-state index in [2.05, 4.69) is 130 Å². The summed E-state index contributed by atoms with van der Waals surface area (Å²) < 4.78 is 16.9. The quantitative estimate of drug-likeness (QED) is 0.0261. The summed E-state index contributed by atoms with van der Waals surface area (Å²) in [7, 11) is 0. The molecule has 0 aliphatic carbocycles. The summed E-state index contributed by atoms with van der Waals surface area (Å²) in [5, 5.41) is 0. The molecule has 0 heterocycles. The van der Waals surface area contributed by atoms with E-state index in [0.29, 0.717) is 19.3 Å². The van der Waals surface area contributed by atoms with Crippen LogP contribution in [-0.2, 0) is 28.6 Å². The topological polar surface area (TPSA) is 78.9 Å². The van der Waals surface area contributed by atoms with Gasteiger partial charge in [-0.3, -0.25) is 14.4 Å². The molecule has 81 heavy (non-hydrogen) atoms. The maximum absolute atomic E-state index is 12.9. The summed E-state index contributed by atoms with van der Waals surface area (Å²) in [6.45, 7) is 6.51. The lowest BCUT2D eigenvalue weighted by atomic mass is 10.0. The Morgan fingerprint density at radius 3 is 0.753 bits per heavy atom. The van der Waals surface area contributed by atoms with E-state index in [1.165, 1.54) is 173 Å². The van der Waals surface area contributed by atoms with Crippen LogP contribution in [0.4, 0.5) is 0 Å². The van der Waals surface area contributed by atoms with Gasteiger partial charge in [-0.05, 0) is 109 Å². The third-order valence-corrected chi connectivity index (χ3v) is 14.8. The Hall–Kier alpha value is -3.93. The number of carbonyl (C=O) groups excluding carboxylic acids is 3. The smallest absolute Gasteiger partial charge is 0.306 e. The van der Waals surface area contributed by atoms with Crippen molar-refractivity contribution in [2.24, 2.45) is 0 Å². The zero-order valence-corrected chi connectivity index (χ0v) is 53.3. The van der Waals surface area contributed by atoms with E-state index in [4.69, 9.17) is 14.2 Å². The largest absolute Gasteiger partial charge is 0.462 e. The number of rotatable bonds is 62. The summed E-state index contributed by atoms with van der Waals surface area (Å²) in [5.74, 6) is -0.884. The first-order chi connectivity index (χ1) is 40.0. The predicted molar refractivity (Wildman–Crippen MR) is 353 cm³/mol. The summed E-state index contributed by atoms with van der Waals surface area (Å²) in [4.78, 5) is 38.3. The fourth-order valence-electron chi connectivity index (χ4n) is 9.63. The van der Waals surface area contributed by atoms with E-state index in [-0.39, 0.29) is 31.1 Å². The van der Waals surface area contributed by atoms with Crippen molar-refractivity contribution in [2.45, 2.75) is 335 Å². The molecular formula is C75H128O6. The van der Waals surface area contributed by atoms with Crippen LogP contribution in [0.5, 0.6) is 0 Å². The molecule has 0 N–H and O–H groups in total. The van der Waals surface area contributed by atoms with Crippen LogP contribution in [0.15, 0.2) is 109 Å². The van der Waals surface area contributed by atoms with Gasteiger partial charge in [-0.25, -0.2) is 0 Å². The van der Waals surface area contributed by atoms with Crippen LogP contribution in [0.25, 0.3) is 0 Å². The molecule has 0 aliphatic heterocycles. The number of ether oxygens (including phenoxy) is 3. The van der Waals surface area contributed by atoms with Crippen molar-refractivity contribution in [3.63, 3.8) is 0 Å². The summed E-state index contributed by atoms with van der Waals surface area (Å²) >= 11 is 0. The second kappa shape index (κ2) is 68.6. The lowest BCUT2D eigenvalue weighted by molar-refractivity contribution is -0.167. The number of hydrogen-bond donors (Lipinski definition) is 0. The molecule has 0 aromatic rings. The molecule has 0 radical (unpaired) electrons. The Kier molecular flexibility index (Phi) is 65.2. The number of esters is 3. The van der Waals surface area contributed by atoms with Crippen LogP contribution in [0.3, 0.4) is 0 Å². The maximum Gasteiger partial charge on any atom is 0.306 e. The van der Waals surface area contributed by atoms with Crippen molar-refractivity contribution in [1.82, 2.24) is 0 Å². The molecule has 0 saturated carbocycles. The Morgan fingerprint density at radius 2 is 0.481 bits per heavy atom. The Labute approximate surface area is 501 Å². The highest BCUT2D eigenvalue weighted by molar-refractivity contribution is 5.71. The first-order valence-electron chi connectivity index (χ1n) is 34.4. The lowest BCUT2D eigenvalue weighted by Gasteiger charge is -2.18. The molecule has 0 aromatic heterocycles. The van der Waals surface area contributed by atoms with Crippen molar-refractivity contribution in [2.75, 3.05) is 13.2 Å². The number of hydrogen-bond acceptors (Lipinski definition) is 6. The summed E-state index contributed by atoms with van der Waals surface area (Å²) in [6.07, 6.45) is 94.0. The van der Waals surface area contributed by atoms with Gasteiger partial charge in [0.25, 0.3) is 0 Å². The van der Waals surface area contributed by atoms with Gasteiger partial charge < -0.3 is 14.2 Å². The molecule has 6 nitrogen and oxygen atoms in total. The van der Waals surface area contributed by atoms with E-state index in [0.717, 1.165) is 116 Å². The standard InChI is InChI=1S/C75H128O6/c1-4-7-10-13-16-19-21-23-25-27-29-31-33-35-36-37-38-40-41-43-45-47-49-51-53-56-59-62-65-68-74(77)80-71-72(70-79-73(76)67-64-61-58-55-18-15-12-9-6-3)81-75(78)69-66-63-60-57-54-52-50-48-46-44-42-39-34-32-30-28-26-24-22-20-17-14-11-8-5-2/h7,10,16,19,22-25,28-31,35-36,38,40,43,45,72H,4-6,8-9,11-15,17-18,20-21,26-27,32-34,37,39,41-42,44,46-71H2,1-3H3/b10-7-,19-16-,24-22-,25-23-,30-28-,31-29-,36-35-,40-38-,45-43-. The highest BCUT2D eigenvalue weighted by Crippen LogP contribution is 2.17. The van der Waals surface area contributed by atoms with Gasteiger partial charge in [0.2, 0.25) is 0 Å². The second-order valence-electron chi connectivity index (χ2n) is 22.7. The number of unbranched alkanes of at least 4 members (excludes halogenated alkanes) is 33. The average Bonchev–Trinajstić information content (AvgIpc) is 3.47. The minimum atomic E-state index is -0.783. The molecule has 0 aromatic carbocycles. The molecule has 6 heteroatoms. The van der Waals surface area contributed by atoms with Crippen molar-refractivity contribution in [1.29, 1.82) is 0 Å². The van der Waals surface area contributed by atoms with Gasteiger partial charge in [-0.2, -0.15) is 0 Å². The van der Waals surface area contributed by atoms with E-state index in [1.54, 1.807) is 0 Å².